The van der Waals surface area contributed by atoms with Gasteiger partial charge in [-0.2, -0.15) is 0 Å². The zero-order chi connectivity index (χ0) is 16.4. The summed E-state index contributed by atoms with van der Waals surface area (Å²) in [4.78, 5) is 12.6. The summed E-state index contributed by atoms with van der Waals surface area (Å²) in [5, 5.41) is 12.6. The zero-order valence-corrected chi connectivity index (χ0v) is 13.5. The smallest absolute Gasteiger partial charge is 0.187 e. The van der Waals surface area contributed by atoms with Gasteiger partial charge in [0.2, 0.25) is 0 Å². The number of rotatable bonds is 3. The molecule has 2 aromatic carbocycles. The molecule has 3 nitrogen and oxygen atoms in total. The summed E-state index contributed by atoms with van der Waals surface area (Å²) >= 11 is 0. The highest BCUT2D eigenvalue weighted by Crippen LogP contribution is 2.29. The molecule has 3 rings (SSSR count). The number of nitrogens with one attached hydrogen (secondary N) is 1. The first kappa shape index (κ1) is 15.5. The molecule has 0 aliphatic carbocycles. The number of hydrogen-bond donors (Lipinski definition) is 2. The number of carbonyl (C=O) groups is 1. The van der Waals surface area contributed by atoms with Crippen LogP contribution in [0.4, 0.5) is 0 Å². The lowest BCUT2D eigenvalue weighted by molar-refractivity contribution is 0.104. The van der Waals surface area contributed by atoms with Crippen molar-refractivity contribution in [3.8, 4) is 0 Å². The first-order chi connectivity index (χ1) is 11.0. The Balaban J connectivity index is 1.95. The van der Waals surface area contributed by atoms with E-state index >= 15 is 0 Å². The van der Waals surface area contributed by atoms with Crippen LogP contribution < -0.4 is 5.32 Å². The molecule has 2 N–H and O–H groups in total. The number of benzene rings is 2. The first-order valence-electron chi connectivity index (χ1n) is 7.81. The summed E-state index contributed by atoms with van der Waals surface area (Å²) in [5.74, 6) is -0.0375. The number of allylic oxidation sites excluding steroid dienone is 1. The molecule has 1 heterocycles. The quantitative estimate of drug-likeness (QED) is 0.675. The molecule has 0 saturated carbocycles. The van der Waals surface area contributed by atoms with Crippen LogP contribution in [-0.4, -0.2) is 16.4 Å². The topological polar surface area (TPSA) is 49.3 Å². The maximum absolute atomic E-state index is 12.6. The summed E-state index contributed by atoms with van der Waals surface area (Å²) in [6.45, 7) is 4.26. The SMILES string of the molecule is CC1(C)Cc2ccccc2/C(=C/C(=O)c2ccc(CO)cc2)N1. The fourth-order valence-electron chi connectivity index (χ4n) is 2.99. The minimum absolute atomic E-state index is 0.0152. The Bertz CT molecular complexity index is 757. The van der Waals surface area contributed by atoms with Crippen LogP contribution in [0, 0.1) is 0 Å². The molecule has 0 saturated heterocycles. The normalized spacial score (nSPS) is 17.4. The lowest BCUT2D eigenvalue weighted by atomic mass is 9.85. The molecule has 1 aliphatic rings. The van der Waals surface area contributed by atoms with E-state index in [0.717, 1.165) is 23.2 Å². The molecule has 0 amide bonds. The molecule has 3 heteroatoms. The van der Waals surface area contributed by atoms with Crippen LogP contribution in [0.2, 0.25) is 0 Å². The monoisotopic (exact) mass is 307 g/mol. The number of hydrogen-bond acceptors (Lipinski definition) is 3. The minimum atomic E-state index is -0.0821. The van der Waals surface area contributed by atoms with E-state index in [0.29, 0.717) is 5.56 Å². The highest BCUT2D eigenvalue weighted by atomic mass is 16.3. The summed E-state index contributed by atoms with van der Waals surface area (Å²) in [6, 6.07) is 15.3. The van der Waals surface area contributed by atoms with Crippen LogP contribution in [-0.2, 0) is 13.0 Å². The summed E-state index contributed by atoms with van der Waals surface area (Å²) in [7, 11) is 0. The van der Waals surface area contributed by atoms with Gasteiger partial charge in [0.1, 0.15) is 0 Å². The molecule has 0 spiro atoms. The number of aliphatic hydroxyl groups excluding tert-OH is 1. The van der Waals surface area contributed by atoms with E-state index in [9.17, 15) is 4.79 Å². The van der Waals surface area contributed by atoms with E-state index < -0.39 is 0 Å². The Kier molecular flexibility index (Phi) is 4.05. The second kappa shape index (κ2) is 6.01. The van der Waals surface area contributed by atoms with E-state index in [4.69, 9.17) is 5.11 Å². The molecule has 0 unspecified atom stereocenters. The van der Waals surface area contributed by atoms with Gasteiger partial charge in [0, 0.05) is 28.4 Å². The van der Waals surface area contributed by atoms with Gasteiger partial charge < -0.3 is 10.4 Å². The number of fused-ring (bicyclic) bond motifs is 1. The standard InChI is InChI=1S/C20H21NO2/c1-20(2)12-16-5-3-4-6-17(16)18(21-20)11-19(23)15-9-7-14(13-22)8-10-15/h3-11,21-22H,12-13H2,1-2H3/b18-11-. The molecule has 2 aromatic rings. The highest BCUT2D eigenvalue weighted by Gasteiger charge is 2.27. The van der Waals surface area contributed by atoms with E-state index in [1.807, 2.05) is 18.2 Å². The predicted molar refractivity (Wildman–Crippen MR) is 92.0 cm³/mol. The summed E-state index contributed by atoms with van der Waals surface area (Å²) in [5.41, 5.74) is 4.56. The molecule has 0 fully saturated rings. The Morgan fingerprint density at radius 3 is 2.57 bits per heavy atom. The lowest BCUT2D eigenvalue weighted by Gasteiger charge is -2.35. The molecule has 118 valence electrons. The largest absolute Gasteiger partial charge is 0.392 e. The van der Waals surface area contributed by atoms with Gasteiger partial charge in [0.25, 0.3) is 0 Å². The second-order valence-corrected chi connectivity index (χ2v) is 6.62. The maximum atomic E-state index is 12.6. The van der Waals surface area contributed by atoms with Gasteiger partial charge in [-0.25, -0.2) is 0 Å². The van der Waals surface area contributed by atoms with Gasteiger partial charge in [0.15, 0.2) is 5.78 Å². The van der Waals surface area contributed by atoms with E-state index in [2.05, 4.69) is 25.2 Å². The van der Waals surface area contributed by atoms with Gasteiger partial charge in [-0.1, -0.05) is 48.5 Å². The van der Waals surface area contributed by atoms with Gasteiger partial charge in [-0.15, -0.1) is 0 Å². The number of carbonyl (C=O) groups excluding carboxylic acids is 1. The second-order valence-electron chi connectivity index (χ2n) is 6.62. The van der Waals surface area contributed by atoms with Crippen LogP contribution in [0.1, 0.15) is 40.9 Å². The number of aliphatic hydroxyl groups is 1. The van der Waals surface area contributed by atoms with Crippen LogP contribution in [0.3, 0.4) is 0 Å². The van der Waals surface area contributed by atoms with E-state index in [1.165, 1.54) is 5.56 Å². The van der Waals surface area contributed by atoms with Crippen LogP contribution in [0.5, 0.6) is 0 Å². The Hall–Kier alpha value is -2.39. The molecule has 0 atom stereocenters. The predicted octanol–water partition coefficient (Wildman–Crippen LogP) is 3.33. The van der Waals surface area contributed by atoms with Crippen LogP contribution >= 0.6 is 0 Å². The first-order valence-corrected chi connectivity index (χ1v) is 7.81. The van der Waals surface area contributed by atoms with Crippen molar-refractivity contribution in [1.29, 1.82) is 0 Å². The van der Waals surface area contributed by atoms with Crippen molar-refractivity contribution < 1.29 is 9.90 Å². The summed E-state index contributed by atoms with van der Waals surface area (Å²) in [6.07, 6.45) is 2.60. The zero-order valence-electron chi connectivity index (χ0n) is 13.5. The third kappa shape index (κ3) is 3.35. The average molecular weight is 307 g/mol. The molecule has 0 aromatic heterocycles. The van der Waals surface area contributed by atoms with Gasteiger partial charge in [-0.05, 0) is 31.4 Å². The summed E-state index contributed by atoms with van der Waals surface area (Å²) < 4.78 is 0. The third-order valence-corrected chi connectivity index (χ3v) is 4.11. The van der Waals surface area contributed by atoms with Crippen molar-refractivity contribution in [3.63, 3.8) is 0 Å². The molecule has 1 aliphatic heterocycles. The number of ketones is 1. The highest BCUT2D eigenvalue weighted by molar-refractivity contribution is 6.08. The average Bonchev–Trinajstić information content (AvgIpc) is 2.54. The molecular weight excluding hydrogens is 286 g/mol. The van der Waals surface area contributed by atoms with Crippen molar-refractivity contribution in [1.82, 2.24) is 5.32 Å². The van der Waals surface area contributed by atoms with Gasteiger partial charge in [0.05, 0.1) is 6.61 Å². The lowest BCUT2D eigenvalue weighted by Crippen LogP contribution is -2.43. The maximum Gasteiger partial charge on any atom is 0.187 e. The van der Waals surface area contributed by atoms with Crippen molar-refractivity contribution in [2.45, 2.75) is 32.4 Å². The molecule has 0 radical (unpaired) electrons. The Morgan fingerprint density at radius 2 is 1.87 bits per heavy atom. The van der Waals surface area contributed by atoms with Gasteiger partial charge in [-0.3, -0.25) is 4.79 Å². The van der Waals surface area contributed by atoms with Crippen LogP contribution in [0.15, 0.2) is 54.6 Å². The van der Waals surface area contributed by atoms with Crippen molar-refractivity contribution >= 4 is 11.5 Å². The van der Waals surface area contributed by atoms with Crippen molar-refractivity contribution in [2.24, 2.45) is 0 Å². The fraction of sp³-hybridized carbons (Fsp3) is 0.250. The fourth-order valence-corrected chi connectivity index (χ4v) is 2.99. The third-order valence-electron chi connectivity index (χ3n) is 4.11. The Morgan fingerprint density at radius 1 is 1.17 bits per heavy atom. The van der Waals surface area contributed by atoms with E-state index in [1.54, 1.807) is 30.3 Å². The molecule has 0 bridgehead atoms. The van der Waals surface area contributed by atoms with Crippen molar-refractivity contribution in [3.05, 3.63) is 76.9 Å². The Labute approximate surface area is 136 Å². The minimum Gasteiger partial charge on any atom is -0.392 e. The van der Waals surface area contributed by atoms with Crippen molar-refractivity contribution in [2.75, 3.05) is 0 Å². The molecule has 23 heavy (non-hydrogen) atoms. The van der Waals surface area contributed by atoms with E-state index in [-0.39, 0.29) is 17.9 Å². The molecular formula is C20H21NO2. The van der Waals surface area contributed by atoms with Gasteiger partial charge >= 0.3 is 0 Å². The van der Waals surface area contributed by atoms with Crippen LogP contribution in [0.25, 0.3) is 5.70 Å².